The van der Waals surface area contributed by atoms with E-state index in [-0.39, 0.29) is 5.41 Å². The summed E-state index contributed by atoms with van der Waals surface area (Å²) in [6, 6.07) is 29.5. The van der Waals surface area contributed by atoms with Crippen LogP contribution >= 0.6 is 0 Å². The van der Waals surface area contributed by atoms with E-state index >= 15 is 0 Å². The summed E-state index contributed by atoms with van der Waals surface area (Å²) in [4.78, 5) is 0. The maximum Gasteiger partial charge on any atom is 0.0582 e. The fraction of sp³-hybridized carbons (Fsp3) is 0.152. The molecule has 0 radical (unpaired) electrons. The van der Waals surface area contributed by atoms with Crippen molar-refractivity contribution in [2.45, 2.75) is 32.1 Å². The van der Waals surface area contributed by atoms with Crippen molar-refractivity contribution < 1.29 is 0 Å². The number of rotatable bonds is 1. The molecule has 2 aliphatic rings. The number of hydrogen-bond acceptors (Lipinski definition) is 0. The first kappa shape index (κ1) is 19.3. The molecule has 168 valence electrons. The quantitative estimate of drug-likeness (QED) is 0.237. The lowest BCUT2D eigenvalue weighted by atomic mass is 9.75. The summed E-state index contributed by atoms with van der Waals surface area (Å²) in [6.07, 6.45) is 9.18. The molecule has 0 saturated carbocycles. The van der Waals surface area contributed by atoms with Gasteiger partial charge in [0.15, 0.2) is 0 Å². The Hall–Kier alpha value is -4.04. The van der Waals surface area contributed by atoms with Crippen molar-refractivity contribution in [1.29, 1.82) is 0 Å². The normalized spacial score (nSPS) is 16.3. The third-order valence-electron chi connectivity index (χ3n) is 8.31. The van der Waals surface area contributed by atoms with Gasteiger partial charge in [-0.3, -0.25) is 0 Å². The van der Waals surface area contributed by atoms with E-state index < -0.39 is 0 Å². The second-order valence-electron chi connectivity index (χ2n) is 10.5. The zero-order valence-electron chi connectivity index (χ0n) is 20.0. The van der Waals surface area contributed by atoms with Crippen LogP contribution in [0.15, 0.2) is 97.1 Å². The van der Waals surface area contributed by atoms with Crippen LogP contribution in [0.3, 0.4) is 0 Å². The highest BCUT2D eigenvalue weighted by molar-refractivity contribution is 6.20. The molecule has 2 aromatic heterocycles. The van der Waals surface area contributed by atoms with Gasteiger partial charge in [-0.1, -0.05) is 80.6 Å². The molecule has 0 unspecified atom stereocenters. The predicted molar refractivity (Wildman–Crippen MR) is 149 cm³/mol. The molecule has 0 bridgehead atoms. The lowest BCUT2D eigenvalue weighted by molar-refractivity contribution is 0.630. The Labute approximate surface area is 204 Å². The van der Waals surface area contributed by atoms with Crippen LogP contribution in [-0.4, -0.2) is 9.13 Å². The lowest BCUT2D eigenvalue weighted by Gasteiger charge is -2.34. The minimum atomic E-state index is -0.0421. The highest BCUT2D eigenvalue weighted by Gasteiger charge is 2.35. The first-order valence-electron chi connectivity index (χ1n) is 12.6. The van der Waals surface area contributed by atoms with Gasteiger partial charge in [0, 0.05) is 32.7 Å². The number of nitrogens with zero attached hydrogens (tertiary/aromatic N) is 2. The molecule has 1 aliphatic carbocycles. The van der Waals surface area contributed by atoms with Gasteiger partial charge in [0.05, 0.1) is 27.8 Å². The second kappa shape index (κ2) is 6.55. The second-order valence-corrected chi connectivity index (χ2v) is 10.5. The molecule has 4 aromatic carbocycles. The van der Waals surface area contributed by atoms with Crippen LogP contribution in [0.1, 0.15) is 37.8 Å². The van der Waals surface area contributed by atoms with Crippen molar-refractivity contribution in [3.63, 3.8) is 0 Å². The minimum Gasteiger partial charge on any atom is -0.310 e. The van der Waals surface area contributed by atoms with Gasteiger partial charge in [0.1, 0.15) is 0 Å². The number of allylic oxidation sites excluding steroid dienone is 4. The smallest absolute Gasteiger partial charge is 0.0582 e. The summed E-state index contributed by atoms with van der Waals surface area (Å²) in [5, 5.41) is 5.29. The van der Waals surface area contributed by atoms with Crippen LogP contribution in [0.25, 0.3) is 55.0 Å². The first-order chi connectivity index (χ1) is 17.1. The zero-order chi connectivity index (χ0) is 23.3. The van der Waals surface area contributed by atoms with E-state index in [9.17, 15) is 0 Å². The Morgan fingerprint density at radius 1 is 0.629 bits per heavy atom. The average Bonchev–Trinajstić information content (AvgIpc) is 3.39. The molecule has 0 amide bonds. The maximum atomic E-state index is 2.52. The van der Waals surface area contributed by atoms with E-state index in [1.54, 1.807) is 0 Å². The van der Waals surface area contributed by atoms with Crippen molar-refractivity contribution >= 4 is 49.3 Å². The van der Waals surface area contributed by atoms with Gasteiger partial charge in [-0.15, -0.1) is 0 Å². The molecule has 2 heteroatoms. The van der Waals surface area contributed by atoms with E-state index in [0.717, 1.165) is 12.8 Å². The molecule has 2 nitrogen and oxygen atoms in total. The summed E-state index contributed by atoms with van der Waals surface area (Å²) >= 11 is 0. The third kappa shape index (κ3) is 2.34. The van der Waals surface area contributed by atoms with Gasteiger partial charge in [-0.25, -0.2) is 0 Å². The lowest BCUT2D eigenvalue weighted by Crippen LogP contribution is -2.26. The maximum absolute atomic E-state index is 2.52. The largest absolute Gasteiger partial charge is 0.310 e. The Kier molecular flexibility index (Phi) is 3.61. The van der Waals surface area contributed by atoms with E-state index in [4.69, 9.17) is 0 Å². The van der Waals surface area contributed by atoms with Gasteiger partial charge >= 0.3 is 0 Å². The van der Waals surface area contributed by atoms with E-state index in [0.29, 0.717) is 0 Å². The summed E-state index contributed by atoms with van der Waals surface area (Å²) < 4.78 is 4.98. The molecule has 3 heterocycles. The SMILES string of the molecule is CC1(C)c2ccccc2-n2c3cc4c5ccccc5n(C5=CCCC=C5)c4cc3c3cccc1c32. The Morgan fingerprint density at radius 3 is 2.20 bits per heavy atom. The van der Waals surface area contributed by atoms with E-state index in [1.165, 1.54) is 66.1 Å². The van der Waals surface area contributed by atoms with Gasteiger partial charge in [0.2, 0.25) is 0 Å². The van der Waals surface area contributed by atoms with Gasteiger partial charge < -0.3 is 9.13 Å². The molecule has 0 spiro atoms. The van der Waals surface area contributed by atoms with Gasteiger partial charge in [-0.2, -0.15) is 0 Å². The number of benzene rings is 4. The van der Waals surface area contributed by atoms with Crippen molar-refractivity contribution in [2.75, 3.05) is 0 Å². The van der Waals surface area contributed by atoms with Crippen LogP contribution in [0.2, 0.25) is 0 Å². The van der Waals surface area contributed by atoms with Crippen molar-refractivity contribution in [1.82, 2.24) is 9.13 Å². The number of para-hydroxylation sites is 3. The fourth-order valence-electron chi connectivity index (χ4n) is 6.67. The molecule has 0 N–H and O–H groups in total. The topological polar surface area (TPSA) is 9.86 Å². The summed E-state index contributed by atoms with van der Waals surface area (Å²) in [7, 11) is 0. The fourth-order valence-corrected chi connectivity index (χ4v) is 6.67. The summed E-state index contributed by atoms with van der Waals surface area (Å²) in [5.74, 6) is 0. The standard InChI is InChI=1S/C33H26N2/c1-33(2)26-15-7-9-18-29(26)35-31-19-24-22-13-6-8-17-28(22)34(21-11-4-3-5-12-21)30(24)20-25(31)23-14-10-16-27(33)32(23)35/h4,6-20H,3,5H2,1-2H3. The van der Waals surface area contributed by atoms with Crippen molar-refractivity contribution in [3.05, 3.63) is 108 Å². The van der Waals surface area contributed by atoms with E-state index in [2.05, 4.69) is 120 Å². The van der Waals surface area contributed by atoms with Crippen LogP contribution in [0.4, 0.5) is 0 Å². The third-order valence-corrected chi connectivity index (χ3v) is 8.31. The molecule has 0 saturated heterocycles. The Balaban J connectivity index is 1.60. The average molecular weight is 451 g/mol. The molecule has 0 atom stereocenters. The molecule has 6 aromatic rings. The van der Waals surface area contributed by atoms with Crippen LogP contribution in [0, 0.1) is 0 Å². The monoisotopic (exact) mass is 450 g/mol. The number of aromatic nitrogens is 2. The molecule has 35 heavy (non-hydrogen) atoms. The zero-order valence-corrected chi connectivity index (χ0v) is 20.0. The van der Waals surface area contributed by atoms with Gasteiger partial charge in [0.25, 0.3) is 0 Å². The molecule has 1 aliphatic heterocycles. The summed E-state index contributed by atoms with van der Waals surface area (Å²) in [6.45, 7) is 4.73. The van der Waals surface area contributed by atoms with Gasteiger partial charge in [-0.05, 0) is 54.3 Å². The highest BCUT2D eigenvalue weighted by Crippen LogP contribution is 2.48. The molecule has 0 fully saturated rings. The molecular weight excluding hydrogens is 424 g/mol. The Morgan fingerprint density at radius 2 is 1.34 bits per heavy atom. The predicted octanol–water partition coefficient (Wildman–Crippen LogP) is 8.72. The Bertz CT molecular complexity index is 1920. The van der Waals surface area contributed by atoms with Crippen LogP contribution < -0.4 is 0 Å². The first-order valence-corrected chi connectivity index (χ1v) is 12.6. The minimum absolute atomic E-state index is 0.0421. The van der Waals surface area contributed by atoms with Crippen LogP contribution in [0.5, 0.6) is 0 Å². The molecular formula is C33H26N2. The van der Waals surface area contributed by atoms with Crippen molar-refractivity contribution in [3.8, 4) is 5.69 Å². The molecule has 8 rings (SSSR count). The summed E-state index contributed by atoms with van der Waals surface area (Å²) in [5.41, 5.74) is 10.5. The highest BCUT2D eigenvalue weighted by atomic mass is 15.0. The number of fused-ring (bicyclic) bond motifs is 8. The van der Waals surface area contributed by atoms with E-state index in [1.807, 2.05) is 0 Å². The number of hydrogen-bond donors (Lipinski definition) is 0. The van der Waals surface area contributed by atoms with Crippen molar-refractivity contribution in [2.24, 2.45) is 0 Å². The van der Waals surface area contributed by atoms with Crippen LogP contribution in [-0.2, 0) is 5.41 Å².